The molecule has 2 aromatic heterocycles. The van der Waals surface area contributed by atoms with Crippen molar-refractivity contribution in [2.24, 2.45) is 0 Å². The van der Waals surface area contributed by atoms with Crippen molar-refractivity contribution >= 4 is 35.3 Å². The molecule has 0 aliphatic heterocycles. The predicted molar refractivity (Wildman–Crippen MR) is 85.6 cm³/mol. The van der Waals surface area contributed by atoms with Gasteiger partial charge in [-0.15, -0.1) is 23.7 Å². The monoisotopic (exact) mass is 311 g/mol. The maximum atomic E-state index is 12.0. The van der Waals surface area contributed by atoms with Crippen LogP contribution in [0.3, 0.4) is 0 Å². The van der Waals surface area contributed by atoms with Gasteiger partial charge in [-0.2, -0.15) is 0 Å². The molecule has 2 aromatic rings. The van der Waals surface area contributed by atoms with E-state index in [1.807, 2.05) is 6.92 Å². The highest BCUT2D eigenvalue weighted by molar-refractivity contribution is 7.12. The zero-order valence-electron chi connectivity index (χ0n) is 11.6. The molecule has 0 fully saturated rings. The average Bonchev–Trinajstić information content (AvgIpc) is 2.69. The number of thiophene rings is 1. The predicted octanol–water partition coefficient (Wildman–Crippen LogP) is 3.25. The third-order valence-electron chi connectivity index (χ3n) is 2.91. The van der Waals surface area contributed by atoms with Crippen LogP contribution >= 0.6 is 23.7 Å². The molecule has 0 saturated carbocycles. The second-order valence-electron chi connectivity index (χ2n) is 4.54. The van der Waals surface area contributed by atoms with Crippen molar-refractivity contribution in [2.75, 3.05) is 5.73 Å². The molecule has 0 spiro atoms. The van der Waals surface area contributed by atoms with Crippen molar-refractivity contribution in [3.8, 4) is 0 Å². The van der Waals surface area contributed by atoms with Gasteiger partial charge in [-0.1, -0.05) is 0 Å². The van der Waals surface area contributed by atoms with Gasteiger partial charge in [0.25, 0.3) is 5.91 Å². The number of halogens is 1. The number of hydrogen-bond acceptors (Lipinski definition) is 4. The highest BCUT2D eigenvalue weighted by Crippen LogP contribution is 2.26. The minimum absolute atomic E-state index is 0. The largest absolute Gasteiger partial charge is 0.397 e. The number of anilines is 1. The van der Waals surface area contributed by atoms with Gasteiger partial charge in [0.1, 0.15) is 5.69 Å². The van der Waals surface area contributed by atoms with Gasteiger partial charge in [-0.25, -0.2) is 4.98 Å². The van der Waals surface area contributed by atoms with Gasteiger partial charge in [0, 0.05) is 9.75 Å². The van der Waals surface area contributed by atoms with Crippen LogP contribution in [0.25, 0.3) is 0 Å². The summed E-state index contributed by atoms with van der Waals surface area (Å²) < 4.78 is 0. The van der Waals surface area contributed by atoms with E-state index in [1.165, 1.54) is 16.0 Å². The zero-order chi connectivity index (χ0) is 14.0. The lowest BCUT2D eigenvalue weighted by atomic mass is 10.1. The molecule has 0 saturated heterocycles. The molecule has 0 radical (unpaired) electrons. The van der Waals surface area contributed by atoms with Crippen molar-refractivity contribution in [2.45, 2.75) is 26.8 Å². The summed E-state index contributed by atoms with van der Waals surface area (Å²) >= 11 is 1.74. The maximum Gasteiger partial charge on any atom is 0.270 e. The molecule has 0 aliphatic rings. The molecule has 4 nitrogen and oxygen atoms in total. The number of nitrogen functional groups attached to an aromatic ring is 1. The molecule has 0 aromatic carbocycles. The number of aromatic nitrogens is 1. The highest BCUT2D eigenvalue weighted by Gasteiger charge is 2.15. The van der Waals surface area contributed by atoms with E-state index >= 15 is 0 Å². The van der Waals surface area contributed by atoms with Gasteiger partial charge >= 0.3 is 0 Å². The molecule has 0 aliphatic carbocycles. The summed E-state index contributed by atoms with van der Waals surface area (Å²) in [5, 5.41) is 2.95. The first-order valence-electron chi connectivity index (χ1n) is 6.06. The topological polar surface area (TPSA) is 68.0 Å². The van der Waals surface area contributed by atoms with E-state index in [-0.39, 0.29) is 24.4 Å². The molecule has 1 amide bonds. The number of nitrogens with two attached hydrogens (primary N) is 1. The van der Waals surface area contributed by atoms with Crippen molar-refractivity contribution in [3.05, 3.63) is 45.4 Å². The fourth-order valence-corrected chi connectivity index (χ4v) is 2.99. The third-order valence-corrected chi connectivity index (χ3v) is 3.89. The smallest absolute Gasteiger partial charge is 0.270 e. The fraction of sp³-hybridized carbons (Fsp3) is 0.286. The normalized spacial score (nSPS) is 11.6. The Hall–Kier alpha value is -1.59. The standard InChI is InChI=1S/C14H17N3OS.ClH/c1-8-6-12(10(3)19-8)9(2)17-14(18)13-5-4-11(15)7-16-13;/h4-7,9H,15H2,1-3H3,(H,17,18);1H. The highest BCUT2D eigenvalue weighted by atomic mass is 35.5. The third kappa shape index (κ3) is 3.71. The second-order valence-corrected chi connectivity index (χ2v) is 6.00. The van der Waals surface area contributed by atoms with Crippen LogP contribution in [0.1, 0.15) is 38.8 Å². The SMILES string of the molecule is Cc1cc(C(C)NC(=O)c2ccc(N)cn2)c(C)s1.Cl. The minimum atomic E-state index is -0.184. The summed E-state index contributed by atoms with van der Waals surface area (Å²) in [7, 11) is 0. The van der Waals surface area contributed by atoms with Gasteiger partial charge in [-0.05, 0) is 44.5 Å². The van der Waals surface area contributed by atoms with Crippen LogP contribution in [0.5, 0.6) is 0 Å². The fourth-order valence-electron chi connectivity index (χ4n) is 1.97. The lowest BCUT2D eigenvalue weighted by Crippen LogP contribution is -2.27. The number of rotatable bonds is 3. The first kappa shape index (κ1) is 16.5. The Morgan fingerprint density at radius 2 is 2.10 bits per heavy atom. The molecule has 3 N–H and O–H groups in total. The number of amides is 1. The van der Waals surface area contributed by atoms with Crippen LogP contribution < -0.4 is 11.1 Å². The first-order valence-corrected chi connectivity index (χ1v) is 6.88. The Balaban J connectivity index is 0.00000200. The maximum absolute atomic E-state index is 12.0. The molecule has 108 valence electrons. The van der Waals surface area contributed by atoms with Crippen LogP contribution in [0, 0.1) is 13.8 Å². The molecular weight excluding hydrogens is 294 g/mol. The summed E-state index contributed by atoms with van der Waals surface area (Å²) in [6.07, 6.45) is 1.49. The first-order chi connectivity index (χ1) is 8.97. The molecule has 1 atom stereocenters. The van der Waals surface area contributed by atoms with Crippen molar-refractivity contribution in [1.29, 1.82) is 0 Å². The van der Waals surface area contributed by atoms with Crippen LogP contribution in [-0.4, -0.2) is 10.9 Å². The summed E-state index contributed by atoms with van der Waals surface area (Å²) in [5.41, 5.74) is 7.64. The van der Waals surface area contributed by atoms with Crippen LogP contribution in [-0.2, 0) is 0 Å². The van der Waals surface area contributed by atoms with Gasteiger partial charge in [0.15, 0.2) is 0 Å². The van der Waals surface area contributed by atoms with E-state index in [1.54, 1.807) is 23.5 Å². The number of aryl methyl sites for hydroxylation is 2. The average molecular weight is 312 g/mol. The number of pyridine rings is 1. The number of nitrogens with zero attached hydrogens (tertiary/aromatic N) is 1. The number of nitrogens with one attached hydrogen (secondary N) is 1. The summed E-state index contributed by atoms with van der Waals surface area (Å²) in [5.74, 6) is -0.184. The Kier molecular flexibility index (Phi) is 5.53. The molecule has 1 unspecified atom stereocenters. The Morgan fingerprint density at radius 3 is 2.60 bits per heavy atom. The molecule has 2 rings (SSSR count). The van der Waals surface area contributed by atoms with E-state index in [0.29, 0.717) is 11.4 Å². The van der Waals surface area contributed by atoms with E-state index in [2.05, 4.69) is 30.2 Å². The molecule has 20 heavy (non-hydrogen) atoms. The van der Waals surface area contributed by atoms with E-state index < -0.39 is 0 Å². The summed E-state index contributed by atoms with van der Waals surface area (Å²) in [6, 6.07) is 5.38. The van der Waals surface area contributed by atoms with E-state index in [4.69, 9.17) is 5.73 Å². The van der Waals surface area contributed by atoms with E-state index in [0.717, 1.165) is 5.56 Å². The lowest BCUT2D eigenvalue weighted by Gasteiger charge is -2.13. The molecule has 2 heterocycles. The quantitative estimate of drug-likeness (QED) is 0.914. The van der Waals surface area contributed by atoms with Crippen molar-refractivity contribution < 1.29 is 4.79 Å². The molecule has 0 bridgehead atoms. The lowest BCUT2D eigenvalue weighted by molar-refractivity contribution is 0.0935. The van der Waals surface area contributed by atoms with Crippen LogP contribution in [0.2, 0.25) is 0 Å². The second kappa shape index (κ2) is 6.72. The molecule has 6 heteroatoms. The Morgan fingerprint density at radius 1 is 1.40 bits per heavy atom. The van der Waals surface area contributed by atoms with Crippen LogP contribution in [0.4, 0.5) is 5.69 Å². The van der Waals surface area contributed by atoms with Crippen LogP contribution in [0.15, 0.2) is 24.4 Å². The van der Waals surface area contributed by atoms with Crippen molar-refractivity contribution in [3.63, 3.8) is 0 Å². The molecular formula is C14H18ClN3OS. The Labute approximate surface area is 128 Å². The zero-order valence-corrected chi connectivity index (χ0v) is 13.3. The van der Waals surface area contributed by atoms with Crippen molar-refractivity contribution in [1.82, 2.24) is 10.3 Å². The Bertz CT molecular complexity index is 595. The van der Waals surface area contributed by atoms with Gasteiger partial charge < -0.3 is 11.1 Å². The van der Waals surface area contributed by atoms with Gasteiger partial charge in [0.2, 0.25) is 0 Å². The minimum Gasteiger partial charge on any atom is -0.397 e. The van der Waals surface area contributed by atoms with E-state index in [9.17, 15) is 4.79 Å². The van der Waals surface area contributed by atoms with Gasteiger partial charge in [-0.3, -0.25) is 4.79 Å². The number of carbonyl (C=O) groups is 1. The summed E-state index contributed by atoms with van der Waals surface area (Å²) in [4.78, 5) is 18.5. The number of carbonyl (C=O) groups excluding carboxylic acids is 1. The number of hydrogen-bond donors (Lipinski definition) is 2. The summed E-state index contributed by atoms with van der Waals surface area (Å²) in [6.45, 7) is 6.11. The van der Waals surface area contributed by atoms with Gasteiger partial charge in [0.05, 0.1) is 17.9 Å².